The van der Waals surface area contributed by atoms with Gasteiger partial charge in [-0.1, -0.05) is 131 Å². The van der Waals surface area contributed by atoms with Crippen LogP contribution in [0, 0.1) is 11.8 Å². The monoisotopic (exact) mass is 674 g/mol. The van der Waals surface area contributed by atoms with Crippen LogP contribution in [0.25, 0.3) is 0 Å². The van der Waals surface area contributed by atoms with Gasteiger partial charge in [-0.15, -0.1) is 0 Å². The lowest BCUT2D eigenvalue weighted by atomic mass is 9.88. The third kappa shape index (κ3) is 12.1. The van der Waals surface area contributed by atoms with Crippen molar-refractivity contribution in [1.29, 1.82) is 0 Å². The summed E-state index contributed by atoms with van der Waals surface area (Å²) >= 11 is 0. The molecule has 262 valence electrons. The van der Waals surface area contributed by atoms with E-state index in [0.29, 0.717) is 33.0 Å². The maximum atomic E-state index is 6.79. The fourth-order valence-electron chi connectivity index (χ4n) is 5.40. The normalized spacial score (nSPS) is 21.7. The van der Waals surface area contributed by atoms with E-state index in [9.17, 15) is 0 Å². The van der Waals surface area contributed by atoms with E-state index in [1.54, 1.807) is 0 Å². The van der Waals surface area contributed by atoms with E-state index in [2.05, 4.69) is 108 Å². The van der Waals surface area contributed by atoms with Crippen LogP contribution in [0.5, 0.6) is 0 Å². The molecule has 0 spiro atoms. The molecule has 1 saturated heterocycles. The van der Waals surface area contributed by atoms with Crippen molar-refractivity contribution in [2.45, 2.75) is 103 Å². The maximum absolute atomic E-state index is 6.79. The first kappa shape index (κ1) is 38.2. The average Bonchev–Trinajstić information content (AvgIpc) is 3.08. The van der Waals surface area contributed by atoms with Crippen LogP contribution in [-0.4, -0.2) is 52.7 Å². The highest BCUT2D eigenvalue weighted by Crippen LogP contribution is 2.38. The minimum atomic E-state index is -2.00. The van der Waals surface area contributed by atoms with Crippen molar-refractivity contribution in [3.8, 4) is 0 Å². The first-order valence-corrected chi connectivity index (χ1v) is 20.4. The van der Waals surface area contributed by atoms with Gasteiger partial charge < -0.3 is 28.1 Å². The summed E-state index contributed by atoms with van der Waals surface area (Å²) in [5.74, 6) is 0.335. The van der Waals surface area contributed by atoms with Crippen LogP contribution in [0.4, 0.5) is 0 Å². The van der Waals surface area contributed by atoms with E-state index in [-0.39, 0.29) is 48.1 Å². The molecule has 0 aromatic heterocycles. The zero-order chi connectivity index (χ0) is 34.4. The number of hydrogen-bond acceptors (Lipinski definition) is 6. The largest absolute Gasteiger partial charge is 0.414 e. The zero-order valence-corrected chi connectivity index (χ0v) is 31.2. The van der Waals surface area contributed by atoms with Gasteiger partial charge in [-0.2, -0.15) is 0 Å². The summed E-state index contributed by atoms with van der Waals surface area (Å²) in [7, 11) is -2.00. The summed E-state index contributed by atoms with van der Waals surface area (Å²) in [5, 5.41) is 0.101. The van der Waals surface area contributed by atoms with Crippen molar-refractivity contribution in [2.75, 3.05) is 20.0 Å². The molecule has 7 heteroatoms. The van der Waals surface area contributed by atoms with E-state index < -0.39 is 8.32 Å². The van der Waals surface area contributed by atoms with Crippen LogP contribution in [0.3, 0.4) is 0 Å². The molecule has 0 radical (unpaired) electrons. The fourth-order valence-corrected chi connectivity index (χ4v) is 6.41. The fraction of sp³-hybridized carbons (Fsp3) is 0.512. The quantitative estimate of drug-likeness (QED) is 0.0580. The number of allylic oxidation sites excluding steroid dienone is 1. The lowest BCUT2D eigenvalue weighted by Crippen LogP contribution is -2.55. The molecule has 1 heterocycles. The van der Waals surface area contributed by atoms with Crippen molar-refractivity contribution >= 4 is 8.32 Å². The molecule has 1 aliphatic heterocycles. The van der Waals surface area contributed by atoms with Crippen LogP contribution in [0.2, 0.25) is 18.1 Å². The van der Waals surface area contributed by atoms with Gasteiger partial charge in [0.05, 0.1) is 45.2 Å². The van der Waals surface area contributed by atoms with Gasteiger partial charge >= 0.3 is 0 Å². The molecule has 0 saturated carbocycles. The molecule has 1 fully saturated rings. The Bertz CT molecular complexity index is 1330. The molecule has 6 nitrogen and oxygen atoms in total. The van der Waals surface area contributed by atoms with E-state index >= 15 is 0 Å². The first-order valence-electron chi connectivity index (χ1n) is 17.5. The first-order chi connectivity index (χ1) is 23.0. The van der Waals surface area contributed by atoms with Crippen LogP contribution < -0.4 is 0 Å². The van der Waals surface area contributed by atoms with Crippen molar-refractivity contribution < 1.29 is 28.1 Å². The van der Waals surface area contributed by atoms with Gasteiger partial charge in [0.2, 0.25) is 0 Å². The Morgan fingerprint density at radius 2 is 1.29 bits per heavy atom. The van der Waals surface area contributed by atoms with E-state index in [0.717, 1.165) is 23.1 Å². The maximum Gasteiger partial charge on any atom is 0.192 e. The van der Waals surface area contributed by atoms with Crippen LogP contribution in [0.1, 0.15) is 57.7 Å². The minimum absolute atomic E-state index is 0.0172. The zero-order valence-electron chi connectivity index (χ0n) is 30.2. The molecule has 48 heavy (non-hydrogen) atoms. The molecule has 0 aliphatic carbocycles. The summed E-state index contributed by atoms with van der Waals surface area (Å²) in [6.07, 6.45) is 4.63. The summed E-state index contributed by atoms with van der Waals surface area (Å²) < 4.78 is 38.6. The Morgan fingerprint density at radius 1 is 0.771 bits per heavy atom. The van der Waals surface area contributed by atoms with E-state index in [1.165, 1.54) is 0 Å². The standard InChI is InChI=1S/C41H58O6Si/c1-32(33(2)46-31-42-26-34-19-11-8-12-20-34)18-17-25-37-29-43-38(30-47-48(6,7)41(3,4)5)40(45-28-36-23-15-10-16-24-36)39(37)44-27-35-21-13-9-14-22-35/h8-24,32-33,37-40H,25-31H2,1-7H3/b18-17-/t32-,33-,37+,38+,39-,40+/m1/s1. The topological polar surface area (TPSA) is 55.4 Å². The Morgan fingerprint density at radius 3 is 1.83 bits per heavy atom. The second-order valence-corrected chi connectivity index (χ2v) is 19.4. The second kappa shape index (κ2) is 19.0. The predicted molar refractivity (Wildman–Crippen MR) is 196 cm³/mol. The van der Waals surface area contributed by atoms with Gasteiger partial charge in [0.1, 0.15) is 19.0 Å². The van der Waals surface area contributed by atoms with Crippen LogP contribution in [0.15, 0.2) is 103 Å². The Labute approximate surface area is 290 Å². The SMILES string of the molecule is C[C@H](/C=C\C[C@H]1CO[C@@H](CO[Si](C)(C)C(C)(C)C)[C@H](OCc2ccccc2)[C@@H]1OCc1ccccc1)[C@@H](C)OCOCc1ccccc1. The predicted octanol–water partition coefficient (Wildman–Crippen LogP) is 9.36. The summed E-state index contributed by atoms with van der Waals surface area (Å²) in [6.45, 7) is 18.5. The molecular weight excluding hydrogens is 617 g/mol. The van der Waals surface area contributed by atoms with Gasteiger partial charge in [0.15, 0.2) is 8.32 Å². The van der Waals surface area contributed by atoms with Gasteiger partial charge in [0, 0.05) is 11.8 Å². The van der Waals surface area contributed by atoms with Crippen molar-refractivity contribution in [3.63, 3.8) is 0 Å². The summed E-state index contributed by atoms with van der Waals surface area (Å²) in [6, 6.07) is 30.8. The highest BCUT2D eigenvalue weighted by Gasteiger charge is 2.44. The third-order valence-electron chi connectivity index (χ3n) is 9.81. The molecule has 0 unspecified atom stereocenters. The second-order valence-electron chi connectivity index (χ2n) is 14.6. The third-order valence-corrected chi connectivity index (χ3v) is 14.3. The van der Waals surface area contributed by atoms with Gasteiger partial charge in [-0.05, 0) is 48.2 Å². The van der Waals surface area contributed by atoms with Gasteiger partial charge in [0.25, 0.3) is 0 Å². The number of ether oxygens (including phenoxy) is 5. The van der Waals surface area contributed by atoms with Crippen LogP contribution in [-0.2, 0) is 47.9 Å². The molecular formula is C41H58O6Si. The molecule has 0 N–H and O–H groups in total. The smallest absolute Gasteiger partial charge is 0.192 e. The lowest BCUT2D eigenvalue weighted by Gasteiger charge is -2.44. The van der Waals surface area contributed by atoms with Gasteiger partial charge in [-0.3, -0.25) is 0 Å². The highest BCUT2D eigenvalue weighted by atomic mass is 28.4. The number of hydrogen-bond donors (Lipinski definition) is 0. The lowest BCUT2D eigenvalue weighted by molar-refractivity contribution is -0.213. The Balaban J connectivity index is 1.43. The van der Waals surface area contributed by atoms with E-state index in [4.69, 9.17) is 28.1 Å². The number of rotatable bonds is 18. The van der Waals surface area contributed by atoms with Crippen molar-refractivity contribution in [3.05, 3.63) is 120 Å². The molecule has 4 rings (SSSR count). The minimum Gasteiger partial charge on any atom is -0.414 e. The van der Waals surface area contributed by atoms with Crippen LogP contribution >= 0.6 is 0 Å². The molecule has 3 aromatic rings. The van der Waals surface area contributed by atoms with Gasteiger partial charge in [-0.25, -0.2) is 0 Å². The molecule has 0 amide bonds. The Hall–Kier alpha value is -2.62. The van der Waals surface area contributed by atoms with E-state index in [1.807, 2.05) is 42.5 Å². The van der Waals surface area contributed by atoms with Crippen molar-refractivity contribution in [2.24, 2.45) is 11.8 Å². The number of benzene rings is 3. The molecule has 3 aromatic carbocycles. The Kier molecular flexibility index (Phi) is 15.1. The van der Waals surface area contributed by atoms with Crippen molar-refractivity contribution in [1.82, 2.24) is 0 Å². The molecule has 1 aliphatic rings. The average molecular weight is 675 g/mol. The summed E-state index contributed by atoms with van der Waals surface area (Å²) in [4.78, 5) is 0. The molecule has 0 bridgehead atoms. The summed E-state index contributed by atoms with van der Waals surface area (Å²) in [5.41, 5.74) is 3.41. The molecule has 6 atom stereocenters. The highest BCUT2D eigenvalue weighted by molar-refractivity contribution is 6.74.